The first-order valence-electron chi connectivity index (χ1n) is 21.2. The second-order valence-electron chi connectivity index (χ2n) is 18.5. The van der Waals surface area contributed by atoms with Gasteiger partial charge in [0.1, 0.15) is 24.4 Å². The van der Waals surface area contributed by atoms with Crippen LogP contribution in [0.4, 0.5) is 0 Å². The van der Waals surface area contributed by atoms with Crippen LogP contribution in [0.25, 0.3) is 0 Å². The van der Waals surface area contributed by atoms with Crippen LogP contribution >= 0.6 is 0 Å². The van der Waals surface area contributed by atoms with Crippen molar-refractivity contribution < 1.29 is 58.7 Å². The number of fused-ring (bicyclic) bond motifs is 1. The highest BCUT2D eigenvalue weighted by Gasteiger charge is 2.55. The highest BCUT2D eigenvalue weighted by atomic mass is 16.7. The van der Waals surface area contributed by atoms with Gasteiger partial charge in [-0.3, -0.25) is 0 Å². The van der Waals surface area contributed by atoms with Gasteiger partial charge in [-0.15, -0.1) is 0 Å². The third-order valence-corrected chi connectivity index (χ3v) is 13.5. The predicted octanol–water partition coefficient (Wildman–Crippen LogP) is 5.08. The molecule has 7 aliphatic heterocycles. The fourth-order valence-corrected chi connectivity index (χ4v) is 10.4. The molecule has 0 saturated carbocycles. The fraction of sp³-hybridized carbons (Fsp3) is 0.860. The molecule has 0 aromatic heterocycles. The van der Waals surface area contributed by atoms with E-state index in [4.69, 9.17) is 33.2 Å². The number of ether oxygens (including phenoxy) is 7. The lowest BCUT2D eigenvalue weighted by Gasteiger charge is -2.50. The molecule has 7 aliphatic rings. The van der Waals surface area contributed by atoms with Crippen LogP contribution in [0.5, 0.6) is 0 Å². The first kappa shape index (κ1) is 41.9. The summed E-state index contributed by atoms with van der Waals surface area (Å²) in [6, 6.07) is 0. The molecule has 12 nitrogen and oxygen atoms in total. The molecule has 0 aromatic rings. The van der Waals surface area contributed by atoms with Crippen molar-refractivity contribution in [1.82, 2.24) is 0 Å². The van der Waals surface area contributed by atoms with Crippen LogP contribution in [0.2, 0.25) is 0 Å². The van der Waals surface area contributed by atoms with Gasteiger partial charge in [0.2, 0.25) is 5.79 Å². The Hall–Kier alpha value is -1.26. The van der Waals surface area contributed by atoms with Crippen LogP contribution in [0.3, 0.4) is 0 Å². The molecule has 0 amide bonds. The maximum absolute atomic E-state index is 11.5. The second-order valence-corrected chi connectivity index (χ2v) is 18.5. The topological polar surface area (TPSA) is 166 Å². The van der Waals surface area contributed by atoms with Gasteiger partial charge in [0.05, 0.1) is 43.2 Å². The Morgan fingerprint density at radius 2 is 1.71 bits per heavy atom. The maximum atomic E-state index is 11.5. The summed E-state index contributed by atoms with van der Waals surface area (Å²) in [7, 11) is 0. The molecule has 0 aromatic carbocycles. The molecule has 312 valence electrons. The van der Waals surface area contributed by atoms with Crippen LogP contribution in [0.15, 0.2) is 36.0 Å². The Balaban J connectivity index is 0.920. The minimum Gasteiger partial charge on any atom is -0.390 e. The number of rotatable bonds is 9. The van der Waals surface area contributed by atoms with E-state index in [-0.39, 0.29) is 36.6 Å². The van der Waals surface area contributed by atoms with Gasteiger partial charge in [-0.2, -0.15) is 0 Å². The lowest BCUT2D eigenvalue weighted by Crippen LogP contribution is -2.60. The summed E-state index contributed by atoms with van der Waals surface area (Å²) < 4.78 is 45.2. The molecule has 12 heteroatoms. The third kappa shape index (κ3) is 9.16. The van der Waals surface area contributed by atoms with E-state index < -0.39 is 65.9 Å². The fourth-order valence-electron chi connectivity index (χ4n) is 10.4. The average molecular weight is 777 g/mol. The van der Waals surface area contributed by atoms with Crippen molar-refractivity contribution in [2.45, 2.75) is 209 Å². The summed E-state index contributed by atoms with van der Waals surface area (Å²) in [5.74, 6) is -4.17. The lowest BCUT2D eigenvalue weighted by molar-refractivity contribution is -0.325. The number of aliphatic hydroxyl groups is 5. The quantitative estimate of drug-likeness (QED) is 0.156. The van der Waals surface area contributed by atoms with E-state index in [1.54, 1.807) is 0 Å². The third-order valence-electron chi connectivity index (χ3n) is 13.5. The highest BCUT2D eigenvalue weighted by Crippen LogP contribution is 2.47. The normalized spacial score (nSPS) is 45.9. The van der Waals surface area contributed by atoms with Crippen LogP contribution < -0.4 is 0 Å². The van der Waals surface area contributed by atoms with E-state index in [0.29, 0.717) is 56.4 Å². The Morgan fingerprint density at radius 1 is 0.945 bits per heavy atom. The molecule has 0 unspecified atom stereocenters. The molecule has 6 fully saturated rings. The summed E-state index contributed by atoms with van der Waals surface area (Å²) in [6.45, 7) is 14.7. The van der Waals surface area contributed by atoms with E-state index in [9.17, 15) is 25.5 Å². The summed E-state index contributed by atoms with van der Waals surface area (Å²) >= 11 is 0. The minimum atomic E-state index is -1.88. The van der Waals surface area contributed by atoms with Crippen molar-refractivity contribution in [3.05, 3.63) is 36.0 Å². The van der Waals surface area contributed by atoms with Gasteiger partial charge >= 0.3 is 0 Å². The smallest absolute Gasteiger partial charge is 0.215 e. The molecule has 0 radical (unpaired) electrons. The molecule has 16 atom stereocenters. The Morgan fingerprint density at radius 3 is 2.45 bits per heavy atom. The van der Waals surface area contributed by atoms with Crippen molar-refractivity contribution in [3.63, 3.8) is 0 Å². The zero-order valence-electron chi connectivity index (χ0n) is 33.6. The second kappa shape index (κ2) is 16.4. The van der Waals surface area contributed by atoms with E-state index in [1.807, 2.05) is 13.0 Å². The molecular formula is C43H68O12. The lowest BCUT2D eigenvalue weighted by atomic mass is 9.79. The van der Waals surface area contributed by atoms with Crippen LogP contribution in [-0.4, -0.2) is 116 Å². The molecule has 0 aliphatic carbocycles. The minimum absolute atomic E-state index is 0.0218. The summed E-state index contributed by atoms with van der Waals surface area (Å²) in [4.78, 5) is 0. The summed E-state index contributed by atoms with van der Waals surface area (Å²) in [5.41, 5.74) is 1.48. The van der Waals surface area contributed by atoms with Gasteiger partial charge in [0.25, 0.3) is 0 Å². The van der Waals surface area contributed by atoms with E-state index >= 15 is 0 Å². The molecule has 5 N–H and O–H groups in total. The number of aliphatic hydroxyl groups excluding tert-OH is 3. The summed E-state index contributed by atoms with van der Waals surface area (Å²) in [5, 5.41) is 54.1. The van der Waals surface area contributed by atoms with Crippen LogP contribution in [-0.2, 0) is 33.2 Å². The molecule has 7 rings (SSSR count). The molecule has 7 heterocycles. The zero-order valence-corrected chi connectivity index (χ0v) is 33.6. The standard InChI is InChI=1S/C43H68O12/c1-25-21-34(53-43(23-25)35(45)12-11-31(52-43)24-40(6,47)48)26(2)9-10-30-14-18-42(51-30)19-15-33-39(55-42)36(46)29(5)38(50-33)32(44)22-28(4)37-27(3)13-17-41(54-37)16-7-8-20-49-41/h9-10,23,26-28,30-39,44-48H,5,7-8,11-22,24H2,1-4,6H3/t26-,27-,28+,30+,31+,32+,33-,34+,35-,36-,37+,38+,39-,41+,42-,43-/m1/s1. The molecule has 0 bridgehead atoms. The van der Waals surface area contributed by atoms with Gasteiger partial charge < -0.3 is 58.7 Å². The van der Waals surface area contributed by atoms with Crippen molar-refractivity contribution in [3.8, 4) is 0 Å². The average Bonchev–Trinajstić information content (AvgIpc) is 3.52. The Kier molecular flexibility index (Phi) is 12.5. The van der Waals surface area contributed by atoms with Crippen molar-refractivity contribution in [2.24, 2.45) is 17.8 Å². The first-order valence-corrected chi connectivity index (χ1v) is 21.2. The highest BCUT2D eigenvalue weighted by molar-refractivity contribution is 5.20. The largest absolute Gasteiger partial charge is 0.390 e. The van der Waals surface area contributed by atoms with E-state index in [0.717, 1.165) is 50.7 Å². The van der Waals surface area contributed by atoms with Gasteiger partial charge in [-0.1, -0.05) is 45.1 Å². The van der Waals surface area contributed by atoms with Crippen molar-refractivity contribution in [2.75, 3.05) is 6.61 Å². The van der Waals surface area contributed by atoms with E-state index in [1.165, 1.54) is 6.92 Å². The summed E-state index contributed by atoms with van der Waals surface area (Å²) in [6.07, 6.45) is 10.4. The van der Waals surface area contributed by atoms with Gasteiger partial charge in [-0.05, 0) is 95.1 Å². The van der Waals surface area contributed by atoms with E-state index in [2.05, 4.69) is 39.5 Å². The van der Waals surface area contributed by atoms with Gasteiger partial charge in [-0.25, -0.2) is 0 Å². The zero-order chi connectivity index (χ0) is 39.3. The Labute approximate surface area is 327 Å². The molecular weight excluding hydrogens is 708 g/mol. The maximum Gasteiger partial charge on any atom is 0.215 e. The first-order chi connectivity index (χ1) is 26.0. The monoisotopic (exact) mass is 776 g/mol. The van der Waals surface area contributed by atoms with Crippen LogP contribution in [0.1, 0.15) is 125 Å². The predicted molar refractivity (Wildman–Crippen MR) is 202 cm³/mol. The molecule has 6 saturated heterocycles. The van der Waals surface area contributed by atoms with Gasteiger partial charge in [0, 0.05) is 38.0 Å². The molecule has 3 spiro atoms. The number of hydrogen-bond acceptors (Lipinski definition) is 12. The van der Waals surface area contributed by atoms with Gasteiger partial charge in [0.15, 0.2) is 17.4 Å². The van der Waals surface area contributed by atoms with Crippen molar-refractivity contribution >= 4 is 0 Å². The molecule has 55 heavy (non-hydrogen) atoms. The van der Waals surface area contributed by atoms with Crippen molar-refractivity contribution in [1.29, 1.82) is 0 Å². The Bertz CT molecular complexity index is 1400. The SMILES string of the molecule is C=C1[C@@H](O)[C@@H]2O[C@]3(CC[C@H](C=C[C@@H](C)[C@@H]4CC(C)=C[C@@]5(O[C@H](CC(C)(O)O)CC[C@H]5O)O4)O3)CC[C@H]2O[C@@H]1[C@@H](O)C[C@H](C)[C@H]1O[C@@]2(CCCCO2)CC[C@H]1C. The number of hydrogen-bond donors (Lipinski definition) is 5. The van der Waals surface area contributed by atoms with Crippen LogP contribution in [0, 0.1) is 17.8 Å².